The highest BCUT2D eigenvalue weighted by atomic mass is 19.1. The number of nitrogens with one attached hydrogen (secondary N) is 3. The van der Waals surface area contributed by atoms with Gasteiger partial charge in [0.05, 0.1) is 27.9 Å². The molecule has 2 aromatic heterocycles. The molecule has 4 rings (SSSR count). The first-order valence-electron chi connectivity index (χ1n) is 9.23. The van der Waals surface area contributed by atoms with Crippen LogP contribution in [0, 0.1) is 5.82 Å². The Labute approximate surface area is 164 Å². The van der Waals surface area contributed by atoms with Crippen molar-refractivity contribution in [2.75, 3.05) is 5.32 Å². The Morgan fingerprint density at radius 2 is 2.14 bits per heavy atom. The summed E-state index contributed by atoms with van der Waals surface area (Å²) in [4.78, 5) is 19.4. The van der Waals surface area contributed by atoms with E-state index in [1.807, 2.05) is 13.8 Å². The number of H-pyrrole nitrogens is 2. The molecule has 0 radical (unpaired) electrons. The summed E-state index contributed by atoms with van der Waals surface area (Å²) in [6.07, 6.45) is -0.550. The lowest BCUT2D eigenvalue weighted by atomic mass is 10.0. The Kier molecular flexibility index (Phi) is 4.99. The van der Waals surface area contributed by atoms with Gasteiger partial charge in [-0.2, -0.15) is 5.10 Å². The summed E-state index contributed by atoms with van der Waals surface area (Å²) in [5.74, 6) is -0.190. The van der Waals surface area contributed by atoms with Crippen LogP contribution in [0.5, 0.6) is 0 Å². The van der Waals surface area contributed by atoms with Gasteiger partial charge in [-0.1, -0.05) is 19.1 Å². The Morgan fingerprint density at radius 1 is 1.31 bits per heavy atom. The standard InChI is InChI=1S/C20H20FN5O3/c1-3-10(2)29-20(28)24-19-22-14-8-7-11(9-15(14)23-19)17-16-12(18(27)26-25-17)5-4-6-13(16)21/h4-10,20,28H,3H2,1-2H3,(H,26,27)(H2,22,23,24). The molecule has 2 atom stereocenters. The molecule has 0 bridgehead atoms. The molecule has 2 unspecified atom stereocenters. The van der Waals surface area contributed by atoms with E-state index in [1.54, 1.807) is 24.3 Å². The van der Waals surface area contributed by atoms with Gasteiger partial charge in [0.1, 0.15) is 11.5 Å². The molecular formula is C20H20FN5O3. The number of anilines is 1. The fourth-order valence-electron chi connectivity index (χ4n) is 3.07. The third-order valence-electron chi connectivity index (χ3n) is 4.72. The predicted molar refractivity (Wildman–Crippen MR) is 108 cm³/mol. The minimum absolute atomic E-state index is 0.108. The molecule has 0 aliphatic carbocycles. The molecule has 0 amide bonds. The highest BCUT2D eigenvalue weighted by Gasteiger charge is 2.15. The summed E-state index contributed by atoms with van der Waals surface area (Å²) in [6, 6.07) is 9.58. The molecule has 0 saturated carbocycles. The average Bonchev–Trinajstić information content (AvgIpc) is 3.09. The van der Waals surface area contributed by atoms with Crippen LogP contribution in [-0.4, -0.2) is 37.8 Å². The third kappa shape index (κ3) is 3.69. The second-order valence-corrected chi connectivity index (χ2v) is 6.73. The summed E-state index contributed by atoms with van der Waals surface area (Å²) >= 11 is 0. The molecule has 0 fully saturated rings. The van der Waals surface area contributed by atoms with E-state index in [1.165, 1.54) is 12.1 Å². The van der Waals surface area contributed by atoms with Crippen molar-refractivity contribution in [1.82, 2.24) is 20.2 Å². The summed E-state index contributed by atoms with van der Waals surface area (Å²) in [5, 5.41) is 19.5. The second-order valence-electron chi connectivity index (χ2n) is 6.73. The number of nitrogens with zero attached hydrogens (tertiary/aromatic N) is 2. The van der Waals surface area contributed by atoms with Gasteiger partial charge in [-0.05, 0) is 37.6 Å². The molecular weight excluding hydrogens is 377 g/mol. The zero-order valence-corrected chi connectivity index (χ0v) is 15.9. The first-order valence-corrected chi connectivity index (χ1v) is 9.23. The molecule has 150 valence electrons. The Hall–Kier alpha value is -3.30. The molecule has 8 nitrogen and oxygen atoms in total. The van der Waals surface area contributed by atoms with E-state index in [4.69, 9.17) is 4.74 Å². The van der Waals surface area contributed by atoms with Crippen molar-refractivity contribution in [3.63, 3.8) is 0 Å². The average molecular weight is 397 g/mol. The molecule has 2 aromatic carbocycles. The summed E-state index contributed by atoms with van der Waals surface area (Å²) in [7, 11) is 0. The van der Waals surface area contributed by atoms with Crippen molar-refractivity contribution in [3.8, 4) is 11.3 Å². The molecule has 0 aliphatic rings. The summed E-state index contributed by atoms with van der Waals surface area (Å²) in [5.41, 5.74) is 1.75. The molecule has 4 aromatic rings. The molecule has 0 saturated heterocycles. The maximum absolute atomic E-state index is 14.4. The number of aliphatic hydroxyl groups excluding tert-OH is 1. The minimum atomic E-state index is -1.20. The highest BCUT2D eigenvalue weighted by Crippen LogP contribution is 2.29. The van der Waals surface area contributed by atoms with Crippen LogP contribution < -0.4 is 10.9 Å². The highest BCUT2D eigenvalue weighted by molar-refractivity contribution is 5.96. The first kappa shape index (κ1) is 19.0. The maximum Gasteiger partial charge on any atom is 0.272 e. The SMILES string of the molecule is CCC(C)OC(O)Nc1nc2cc(-c3n[nH]c(=O)c4cccc(F)c34)ccc2[nH]1. The van der Waals surface area contributed by atoms with Crippen LogP contribution in [0.25, 0.3) is 33.1 Å². The summed E-state index contributed by atoms with van der Waals surface area (Å²) in [6.45, 7) is 3.81. The molecule has 9 heteroatoms. The number of fused-ring (bicyclic) bond motifs is 2. The van der Waals surface area contributed by atoms with Crippen LogP contribution in [0.3, 0.4) is 0 Å². The van der Waals surface area contributed by atoms with Crippen LogP contribution in [-0.2, 0) is 4.74 Å². The van der Waals surface area contributed by atoms with Crippen LogP contribution in [0.4, 0.5) is 10.3 Å². The van der Waals surface area contributed by atoms with Crippen molar-refractivity contribution < 1.29 is 14.2 Å². The van der Waals surface area contributed by atoms with E-state index >= 15 is 0 Å². The van der Waals surface area contributed by atoms with Gasteiger partial charge in [0.2, 0.25) is 12.4 Å². The number of rotatable bonds is 6. The van der Waals surface area contributed by atoms with E-state index in [2.05, 4.69) is 25.5 Å². The van der Waals surface area contributed by atoms with Crippen LogP contribution in [0.1, 0.15) is 20.3 Å². The molecule has 4 N–H and O–H groups in total. The third-order valence-corrected chi connectivity index (χ3v) is 4.72. The van der Waals surface area contributed by atoms with Crippen LogP contribution in [0.15, 0.2) is 41.2 Å². The van der Waals surface area contributed by atoms with Crippen molar-refractivity contribution >= 4 is 27.8 Å². The minimum Gasteiger partial charge on any atom is -0.351 e. The van der Waals surface area contributed by atoms with Gasteiger partial charge in [0.25, 0.3) is 5.56 Å². The number of hydrogen-bond donors (Lipinski definition) is 4. The van der Waals surface area contributed by atoms with E-state index in [0.29, 0.717) is 28.2 Å². The van der Waals surface area contributed by atoms with E-state index in [-0.39, 0.29) is 16.9 Å². The number of aliphatic hydroxyl groups is 1. The van der Waals surface area contributed by atoms with Gasteiger partial charge in [-0.3, -0.25) is 4.79 Å². The van der Waals surface area contributed by atoms with Crippen molar-refractivity contribution in [3.05, 3.63) is 52.6 Å². The largest absolute Gasteiger partial charge is 0.351 e. The Bertz CT molecular complexity index is 1240. The number of ether oxygens (including phenoxy) is 1. The number of aromatic nitrogens is 4. The number of hydrogen-bond acceptors (Lipinski definition) is 6. The monoisotopic (exact) mass is 397 g/mol. The van der Waals surface area contributed by atoms with Gasteiger partial charge >= 0.3 is 0 Å². The number of aromatic amines is 2. The van der Waals surface area contributed by atoms with Crippen molar-refractivity contribution in [2.45, 2.75) is 32.8 Å². The van der Waals surface area contributed by atoms with Gasteiger partial charge in [0.15, 0.2) is 0 Å². The topological polar surface area (TPSA) is 116 Å². The van der Waals surface area contributed by atoms with Crippen molar-refractivity contribution in [1.29, 1.82) is 0 Å². The van der Waals surface area contributed by atoms with Crippen molar-refractivity contribution in [2.24, 2.45) is 0 Å². The number of imidazole rings is 1. The zero-order valence-electron chi connectivity index (χ0n) is 15.9. The smallest absolute Gasteiger partial charge is 0.272 e. The van der Waals surface area contributed by atoms with Gasteiger partial charge in [0, 0.05) is 5.56 Å². The van der Waals surface area contributed by atoms with E-state index in [9.17, 15) is 14.3 Å². The Balaban J connectivity index is 1.71. The maximum atomic E-state index is 14.4. The van der Waals surface area contributed by atoms with E-state index in [0.717, 1.165) is 6.42 Å². The normalized spacial score (nSPS) is 13.7. The number of halogens is 1. The lowest BCUT2D eigenvalue weighted by Crippen LogP contribution is -2.27. The van der Waals surface area contributed by atoms with Crippen LogP contribution in [0.2, 0.25) is 0 Å². The lowest BCUT2D eigenvalue weighted by Gasteiger charge is -2.17. The van der Waals surface area contributed by atoms with Gasteiger partial charge in [-0.15, -0.1) is 0 Å². The Morgan fingerprint density at radius 3 is 2.93 bits per heavy atom. The lowest BCUT2D eigenvalue weighted by molar-refractivity contribution is -0.112. The second kappa shape index (κ2) is 7.61. The molecule has 29 heavy (non-hydrogen) atoms. The molecule has 2 heterocycles. The molecule has 0 spiro atoms. The number of benzene rings is 2. The van der Waals surface area contributed by atoms with Gasteiger partial charge < -0.3 is 20.1 Å². The van der Waals surface area contributed by atoms with Gasteiger partial charge in [-0.25, -0.2) is 14.5 Å². The fourth-order valence-corrected chi connectivity index (χ4v) is 3.07. The molecule has 0 aliphatic heterocycles. The van der Waals surface area contributed by atoms with Crippen LogP contribution >= 0.6 is 0 Å². The van der Waals surface area contributed by atoms with E-state index < -0.39 is 17.8 Å². The zero-order chi connectivity index (χ0) is 20.5. The predicted octanol–water partition coefficient (Wildman–Crippen LogP) is 3.11. The summed E-state index contributed by atoms with van der Waals surface area (Å²) < 4.78 is 19.8. The quantitative estimate of drug-likeness (QED) is 0.372. The fraction of sp³-hybridized carbons (Fsp3) is 0.250. The first-order chi connectivity index (χ1) is 14.0.